The van der Waals surface area contributed by atoms with Crippen molar-refractivity contribution in [3.8, 4) is 0 Å². The van der Waals surface area contributed by atoms with E-state index in [0.717, 1.165) is 122 Å². The van der Waals surface area contributed by atoms with E-state index in [4.69, 9.17) is 46.9 Å². The molecule has 2 heterocycles. The average molecular weight is 1640 g/mol. The lowest BCUT2D eigenvalue weighted by Gasteiger charge is -2.50. The minimum atomic E-state index is -5.80. The Morgan fingerprint density at radius 1 is 0.345 bits per heavy atom. The minimum absolute atomic E-state index is 0.0168. The Labute approximate surface area is 680 Å². The highest BCUT2D eigenvalue weighted by Gasteiger charge is 2.60. The Morgan fingerprint density at radius 2 is 0.664 bits per heavy atom. The van der Waals surface area contributed by atoms with Gasteiger partial charge in [-0.05, 0) is 51.4 Å². The molecule has 2 saturated heterocycles. The molecule has 3 fully saturated rings. The van der Waals surface area contributed by atoms with Crippen LogP contribution in [0.2, 0.25) is 0 Å². The number of esters is 4. The molecule has 1 saturated carbocycles. The summed E-state index contributed by atoms with van der Waals surface area (Å²) in [5.74, 6) is -2.97. The summed E-state index contributed by atoms with van der Waals surface area (Å²) >= 11 is 0. The number of aliphatic hydroxyl groups excluding tert-OH is 9. The predicted octanol–water partition coefficient (Wildman–Crippen LogP) is 16.0. The highest BCUT2D eigenvalue weighted by molar-refractivity contribution is 7.47. The normalized spacial score (nSPS) is 25.5. The maximum absolute atomic E-state index is 14.9. The van der Waals surface area contributed by atoms with E-state index < -0.39 is 162 Å². The smallest absolute Gasteiger partial charge is 0.463 e. The van der Waals surface area contributed by atoms with Gasteiger partial charge < -0.3 is 88.7 Å². The summed E-state index contributed by atoms with van der Waals surface area (Å²) in [5, 5.41) is 102. The molecule has 0 aromatic heterocycles. The van der Waals surface area contributed by atoms with Crippen LogP contribution in [-0.4, -0.2) is 205 Å². The Bertz CT molecular complexity index is 2410. The summed E-state index contributed by atoms with van der Waals surface area (Å²) in [5.41, 5.74) is 0. The fourth-order valence-electron chi connectivity index (χ4n) is 15.0. The van der Waals surface area contributed by atoms with Crippen molar-refractivity contribution in [1.29, 1.82) is 0 Å². The van der Waals surface area contributed by atoms with E-state index in [9.17, 15) is 74.6 Å². The van der Waals surface area contributed by atoms with Gasteiger partial charge in [0.05, 0.1) is 13.2 Å². The predicted molar refractivity (Wildman–Crippen MR) is 435 cm³/mol. The van der Waals surface area contributed by atoms with Crippen molar-refractivity contribution in [2.45, 2.75) is 491 Å². The van der Waals surface area contributed by atoms with Gasteiger partial charge in [0, 0.05) is 25.7 Å². The lowest BCUT2D eigenvalue weighted by molar-refractivity contribution is -0.360. The number of ether oxygens (including phenoxy) is 8. The third-order valence-electron chi connectivity index (χ3n) is 22.3. The van der Waals surface area contributed by atoms with E-state index in [1.54, 1.807) is 0 Å². The van der Waals surface area contributed by atoms with Crippen LogP contribution in [0.1, 0.15) is 387 Å². The second-order valence-electron chi connectivity index (χ2n) is 32.5. The number of aliphatic hydroxyl groups is 9. The van der Waals surface area contributed by atoms with E-state index in [1.165, 1.54) is 173 Å². The average Bonchev–Trinajstić information content (AvgIpc) is 0.754. The molecule has 2 aliphatic heterocycles. The van der Waals surface area contributed by atoms with Gasteiger partial charge in [-0.2, -0.15) is 0 Å². The summed E-state index contributed by atoms with van der Waals surface area (Å²) in [6, 6.07) is 0. The molecule has 18 unspecified atom stereocenters. The van der Waals surface area contributed by atoms with Gasteiger partial charge >= 0.3 is 31.7 Å². The lowest BCUT2D eigenvalue weighted by atomic mass is 9.84. The third-order valence-corrected chi connectivity index (χ3v) is 23.3. The van der Waals surface area contributed by atoms with Crippen LogP contribution in [-0.2, 0) is 70.7 Å². The zero-order valence-electron chi connectivity index (χ0n) is 70.4. The van der Waals surface area contributed by atoms with Gasteiger partial charge in [0.25, 0.3) is 0 Å². The molecule has 25 nitrogen and oxygen atoms in total. The Hall–Kier alpha value is -2.79. The number of allylic oxidation sites excluding steroid dienone is 2. The van der Waals surface area contributed by atoms with Crippen LogP contribution in [0.3, 0.4) is 0 Å². The molecule has 3 aliphatic rings. The van der Waals surface area contributed by atoms with E-state index in [2.05, 4.69) is 39.8 Å². The number of unbranched alkanes of at least 4 members (excludes halogenated alkanes) is 47. The number of carbonyl (C=O) groups is 4. The highest BCUT2D eigenvalue weighted by atomic mass is 31.2. The number of phosphoric ester groups is 1. The van der Waals surface area contributed by atoms with Crippen molar-refractivity contribution in [3.05, 3.63) is 12.2 Å². The molecule has 0 aromatic rings. The van der Waals surface area contributed by atoms with Crippen LogP contribution in [0.25, 0.3) is 0 Å². The maximum atomic E-state index is 14.9. The SMILES string of the molecule is CCCCCCCC/C=C\CCCCCC(=O)OC1C(O)C(O)C(OC2OC(CO)C(O)C(O)C2O)C(OP(=O)(O)OCC(COC(=O)CCCCCCCCCCCCCCCCC)OC(=O)CCCCCCCCCCCCCCC)C1OC1OC(COC(=O)CCCCCCCCCCCCCCC)C(O)C(O)C1O. The van der Waals surface area contributed by atoms with Crippen LogP contribution >= 0.6 is 7.82 Å². The molecule has 0 aromatic carbocycles. The third kappa shape index (κ3) is 47.7. The van der Waals surface area contributed by atoms with Crippen LogP contribution in [0, 0.1) is 0 Å². The monoisotopic (exact) mass is 1640 g/mol. The van der Waals surface area contributed by atoms with Crippen molar-refractivity contribution in [2.75, 3.05) is 26.4 Å². The van der Waals surface area contributed by atoms with Gasteiger partial charge in [0.1, 0.15) is 92.6 Å². The van der Waals surface area contributed by atoms with Gasteiger partial charge in [0.15, 0.2) is 24.8 Å². The second-order valence-corrected chi connectivity index (χ2v) is 33.9. The van der Waals surface area contributed by atoms with E-state index in [0.29, 0.717) is 32.1 Å². The maximum Gasteiger partial charge on any atom is 0.472 e. The molecule has 0 bridgehead atoms. The Morgan fingerprint density at radius 3 is 1.06 bits per heavy atom. The molecule has 26 heteroatoms. The molecule has 1 aliphatic carbocycles. The molecule has 0 amide bonds. The number of hydrogen-bond acceptors (Lipinski definition) is 24. The molecule has 0 spiro atoms. The molecule has 113 heavy (non-hydrogen) atoms. The number of carbonyl (C=O) groups excluding carboxylic acids is 4. The summed E-state index contributed by atoms with van der Waals surface area (Å²) < 4.78 is 73.2. The Kier molecular flexibility index (Phi) is 61.8. The fraction of sp³-hybridized carbons (Fsp3) is 0.931. The van der Waals surface area contributed by atoms with Crippen molar-refractivity contribution in [2.24, 2.45) is 0 Å². The molecular formula is C87H161O25P. The lowest BCUT2D eigenvalue weighted by Crippen LogP contribution is -2.70. The number of rotatable bonds is 73. The zero-order valence-corrected chi connectivity index (χ0v) is 71.3. The van der Waals surface area contributed by atoms with Crippen LogP contribution in [0.4, 0.5) is 0 Å². The van der Waals surface area contributed by atoms with Gasteiger partial charge in [-0.3, -0.25) is 28.2 Å². The summed E-state index contributed by atoms with van der Waals surface area (Å²) in [6.07, 6.45) is 23.8. The van der Waals surface area contributed by atoms with Crippen LogP contribution in [0.15, 0.2) is 12.2 Å². The summed E-state index contributed by atoms with van der Waals surface area (Å²) in [6.45, 7) is 5.57. The molecule has 10 N–H and O–H groups in total. The first-order valence-electron chi connectivity index (χ1n) is 45.4. The summed E-state index contributed by atoms with van der Waals surface area (Å²) in [7, 11) is -5.80. The molecule has 3 rings (SSSR count). The van der Waals surface area contributed by atoms with Crippen molar-refractivity contribution >= 4 is 31.7 Å². The second kappa shape index (κ2) is 66.9. The molecule has 0 radical (unpaired) electrons. The number of hydrogen-bond donors (Lipinski definition) is 10. The van der Waals surface area contributed by atoms with Crippen LogP contribution < -0.4 is 0 Å². The van der Waals surface area contributed by atoms with E-state index in [-0.39, 0.29) is 32.1 Å². The van der Waals surface area contributed by atoms with E-state index >= 15 is 0 Å². The van der Waals surface area contributed by atoms with Gasteiger partial charge in [0.2, 0.25) is 0 Å². The highest BCUT2D eigenvalue weighted by Crippen LogP contribution is 2.49. The van der Waals surface area contributed by atoms with E-state index in [1.807, 2.05) is 0 Å². The zero-order chi connectivity index (χ0) is 82.5. The number of phosphoric acid groups is 1. The van der Waals surface area contributed by atoms with Crippen molar-refractivity contribution in [1.82, 2.24) is 0 Å². The minimum Gasteiger partial charge on any atom is -0.463 e. The quantitative estimate of drug-likeness (QED) is 0.00889. The first-order chi connectivity index (χ1) is 54.7. The van der Waals surface area contributed by atoms with Gasteiger partial charge in [-0.25, -0.2) is 4.57 Å². The first kappa shape index (κ1) is 104. The fourth-order valence-corrected chi connectivity index (χ4v) is 16.0. The van der Waals surface area contributed by atoms with Crippen molar-refractivity contribution < 1.29 is 122 Å². The molecule has 664 valence electrons. The molecule has 18 atom stereocenters. The standard InChI is InChI=1S/C87H161O25P/c1-5-9-13-17-21-25-29-33-34-38-40-43-47-51-55-59-70(89)103-64-67(106-72(91)61-57-53-49-45-41-36-31-27-23-19-15-11-7-3)65-105-113(101,102)112-85-83(110-86-80(99)76(95)74(93)68(63-88)107-86)79(98)78(97)82(109-73(92)62-58-54-50-46-42-37-32-28-24-20-16-12-8-4)84(85)111-87-81(100)77(96)75(94)69(108-87)66-104-71(90)60-56-52-48-44-39-35-30-26-22-18-14-10-6-2/h37,42,67-69,74-88,93-100H,5-36,38-41,43-66H2,1-4H3,(H,101,102)/b42-37-. The molecular weight excluding hydrogens is 1480 g/mol. The van der Waals surface area contributed by atoms with Gasteiger partial charge in [-0.1, -0.05) is 322 Å². The van der Waals surface area contributed by atoms with Gasteiger partial charge in [-0.15, -0.1) is 0 Å². The Balaban J connectivity index is 1.93. The first-order valence-corrected chi connectivity index (χ1v) is 46.9. The largest absolute Gasteiger partial charge is 0.472 e. The van der Waals surface area contributed by atoms with Crippen molar-refractivity contribution in [3.63, 3.8) is 0 Å². The topological polar surface area (TPSA) is 380 Å². The van der Waals surface area contributed by atoms with Crippen LogP contribution in [0.5, 0.6) is 0 Å². The summed E-state index contributed by atoms with van der Waals surface area (Å²) in [4.78, 5) is 66.3.